The summed E-state index contributed by atoms with van der Waals surface area (Å²) in [5, 5.41) is 10.5. The van der Waals surface area contributed by atoms with Crippen LogP contribution in [0.3, 0.4) is 0 Å². The van der Waals surface area contributed by atoms with Gasteiger partial charge in [-0.3, -0.25) is 25.1 Å². The molecule has 0 saturated carbocycles. The molecule has 0 atom stereocenters. The highest BCUT2D eigenvalue weighted by molar-refractivity contribution is 7.17. The van der Waals surface area contributed by atoms with Crippen LogP contribution in [0.5, 0.6) is 10.9 Å². The molecule has 0 aliphatic carbocycles. The molecule has 3 aromatic heterocycles. The lowest BCUT2D eigenvalue weighted by Gasteiger charge is -2.15. The van der Waals surface area contributed by atoms with Gasteiger partial charge in [0, 0.05) is 17.5 Å². The Kier molecular flexibility index (Phi) is 7.49. The Morgan fingerprint density at radius 3 is 2.75 bits per heavy atom. The van der Waals surface area contributed by atoms with Crippen LogP contribution >= 0.6 is 11.3 Å². The Balaban J connectivity index is 1.54. The van der Waals surface area contributed by atoms with Gasteiger partial charge in [-0.25, -0.2) is 4.39 Å². The van der Waals surface area contributed by atoms with Crippen LogP contribution in [0, 0.1) is 12.7 Å². The van der Waals surface area contributed by atoms with E-state index in [1.54, 1.807) is 13.0 Å². The van der Waals surface area contributed by atoms with Crippen molar-refractivity contribution in [2.24, 2.45) is 0 Å². The van der Waals surface area contributed by atoms with E-state index in [1.807, 2.05) is 0 Å². The summed E-state index contributed by atoms with van der Waals surface area (Å²) in [4.78, 5) is 25.4. The standard InChI is InChI=1S/C23H17F3N6O3S/c1-3-13-8-29-14(9-28-13)11-34-23-32-31-22(36-23)30-20(33)16-10-27-12(2)7-15(16)19-17(24)5-4-6-18(19)35-21(25)26/h3-10,21H,1,11H2,2H3,(H,30,31,33). The Labute approximate surface area is 206 Å². The molecule has 1 N–H and O–H groups in total. The van der Waals surface area contributed by atoms with E-state index in [-0.39, 0.29) is 33.6 Å². The summed E-state index contributed by atoms with van der Waals surface area (Å²) in [7, 11) is 0. The zero-order valence-electron chi connectivity index (χ0n) is 18.6. The minimum Gasteiger partial charge on any atom is -0.462 e. The first-order chi connectivity index (χ1) is 17.3. The van der Waals surface area contributed by atoms with Gasteiger partial charge in [0.15, 0.2) is 0 Å². The molecule has 3 heterocycles. The third-order valence-electron chi connectivity index (χ3n) is 4.65. The summed E-state index contributed by atoms with van der Waals surface area (Å²) in [5.74, 6) is -1.97. The van der Waals surface area contributed by atoms with Gasteiger partial charge in [0.1, 0.15) is 18.2 Å². The molecule has 184 valence electrons. The minimum absolute atomic E-state index is 0.0243. The molecule has 0 unspecified atom stereocenters. The number of aryl methyl sites for hydroxylation is 1. The molecule has 4 aromatic rings. The molecule has 0 aliphatic rings. The van der Waals surface area contributed by atoms with Crippen molar-refractivity contribution in [2.45, 2.75) is 20.1 Å². The highest BCUT2D eigenvalue weighted by atomic mass is 32.1. The second-order valence-corrected chi connectivity index (χ2v) is 8.06. The molecule has 9 nitrogen and oxygen atoms in total. The summed E-state index contributed by atoms with van der Waals surface area (Å²) in [6.45, 7) is 2.10. The number of carbonyl (C=O) groups excluding carboxylic acids is 1. The molecule has 13 heteroatoms. The van der Waals surface area contributed by atoms with Crippen LogP contribution in [0.4, 0.5) is 18.3 Å². The molecule has 0 spiro atoms. The van der Waals surface area contributed by atoms with E-state index >= 15 is 0 Å². The molecule has 36 heavy (non-hydrogen) atoms. The summed E-state index contributed by atoms with van der Waals surface area (Å²) in [6.07, 6.45) is 5.84. The lowest BCUT2D eigenvalue weighted by molar-refractivity contribution is -0.0495. The van der Waals surface area contributed by atoms with Crippen LogP contribution in [0.15, 0.2) is 49.4 Å². The van der Waals surface area contributed by atoms with Crippen molar-refractivity contribution in [3.05, 3.63) is 77.9 Å². The average Bonchev–Trinajstić information content (AvgIpc) is 3.30. The van der Waals surface area contributed by atoms with Crippen LogP contribution in [0.25, 0.3) is 17.2 Å². The summed E-state index contributed by atoms with van der Waals surface area (Å²) < 4.78 is 50.5. The predicted molar refractivity (Wildman–Crippen MR) is 125 cm³/mol. The highest BCUT2D eigenvalue weighted by Gasteiger charge is 2.23. The Morgan fingerprint density at radius 1 is 1.19 bits per heavy atom. The van der Waals surface area contributed by atoms with E-state index in [0.717, 1.165) is 17.4 Å². The van der Waals surface area contributed by atoms with Crippen LogP contribution in [-0.2, 0) is 6.61 Å². The summed E-state index contributed by atoms with van der Waals surface area (Å²) >= 11 is 0.943. The van der Waals surface area contributed by atoms with Gasteiger partial charge in [-0.15, -0.1) is 5.10 Å². The molecule has 4 rings (SSSR count). The third-order valence-corrected chi connectivity index (χ3v) is 5.40. The number of pyridine rings is 1. The molecule has 0 bridgehead atoms. The van der Waals surface area contributed by atoms with Gasteiger partial charge in [0.25, 0.3) is 11.1 Å². The van der Waals surface area contributed by atoms with Gasteiger partial charge >= 0.3 is 6.61 Å². The maximum Gasteiger partial charge on any atom is 0.387 e. The van der Waals surface area contributed by atoms with E-state index in [0.29, 0.717) is 17.1 Å². The fourth-order valence-electron chi connectivity index (χ4n) is 3.07. The number of aromatic nitrogens is 5. The second kappa shape index (κ2) is 10.9. The van der Waals surface area contributed by atoms with Crippen molar-refractivity contribution in [3.63, 3.8) is 0 Å². The number of ether oxygens (including phenoxy) is 2. The van der Waals surface area contributed by atoms with Crippen LogP contribution in [-0.4, -0.2) is 37.7 Å². The summed E-state index contributed by atoms with van der Waals surface area (Å²) in [6, 6.07) is 4.89. The van der Waals surface area contributed by atoms with Gasteiger partial charge in [0.2, 0.25) is 5.13 Å². The fraction of sp³-hybridized carbons (Fsp3) is 0.130. The SMILES string of the molecule is C=Cc1cnc(COc2nnc(NC(=O)c3cnc(C)cc3-c3c(F)cccc3OC(F)F)s2)cn1. The largest absolute Gasteiger partial charge is 0.462 e. The van der Waals surface area contributed by atoms with Gasteiger partial charge in [-0.1, -0.05) is 17.7 Å². The maximum absolute atomic E-state index is 14.7. The monoisotopic (exact) mass is 514 g/mol. The Morgan fingerprint density at radius 2 is 2.03 bits per heavy atom. The molecular weight excluding hydrogens is 497 g/mol. The van der Waals surface area contributed by atoms with Gasteiger partial charge in [-0.05, 0) is 42.5 Å². The topological polar surface area (TPSA) is 112 Å². The van der Waals surface area contributed by atoms with E-state index in [9.17, 15) is 18.0 Å². The molecule has 0 aliphatic heterocycles. The van der Waals surface area contributed by atoms with Gasteiger partial charge in [-0.2, -0.15) is 8.78 Å². The number of hydrogen-bond acceptors (Lipinski definition) is 9. The van der Waals surface area contributed by atoms with Crippen molar-refractivity contribution >= 4 is 28.5 Å². The lowest BCUT2D eigenvalue weighted by atomic mass is 9.98. The maximum atomic E-state index is 14.7. The molecular formula is C23H17F3N6O3S. The zero-order valence-corrected chi connectivity index (χ0v) is 19.4. The number of amides is 1. The molecule has 0 fully saturated rings. The van der Waals surface area contributed by atoms with Crippen LogP contribution < -0.4 is 14.8 Å². The van der Waals surface area contributed by atoms with Crippen molar-refractivity contribution in [2.75, 3.05) is 5.32 Å². The highest BCUT2D eigenvalue weighted by Crippen LogP contribution is 2.36. The van der Waals surface area contributed by atoms with Crippen molar-refractivity contribution in [1.82, 2.24) is 25.1 Å². The molecule has 1 aromatic carbocycles. The lowest BCUT2D eigenvalue weighted by Crippen LogP contribution is -2.14. The number of nitrogens with zero attached hydrogens (tertiary/aromatic N) is 5. The first kappa shape index (κ1) is 24.7. The van der Waals surface area contributed by atoms with E-state index in [1.165, 1.54) is 36.8 Å². The molecule has 1 amide bonds. The van der Waals surface area contributed by atoms with Crippen LogP contribution in [0.2, 0.25) is 0 Å². The first-order valence-electron chi connectivity index (χ1n) is 10.3. The van der Waals surface area contributed by atoms with E-state index in [2.05, 4.69) is 41.8 Å². The smallest absolute Gasteiger partial charge is 0.387 e. The van der Waals surface area contributed by atoms with E-state index < -0.39 is 24.1 Å². The quantitative estimate of drug-likeness (QED) is 0.335. The average molecular weight is 514 g/mol. The normalized spacial score (nSPS) is 10.8. The number of nitrogens with one attached hydrogen (secondary N) is 1. The Bertz CT molecular complexity index is 1400. The number of hydrogen-bond donors (Lipinski definition) is 1. The number of benzene rings is 1. The van der Waals surface area contributed by atoms with Crippen molar-refractivity contribution in [1.29, 1.82) is 0 Å². The van der Waals surface area contributed by atoms with Crippen molar-refractivity contribution in [3.8, 4) is 22.1 Å². The molecule has 0 radical (unpaired) electrons. The third kappa shape index (κ3) is 5.81. The number of anilines is 1. The predicted octanol–water partition coefficient (Wildman–Crippen LogP) is 4.91. The molecule has 0 saturated heterocycles. The number of alkyl halides is 2. The van der Waals surface area contributed by atoms with E-state index in [4.69, 9.17) is 4.74 Å². The van der Waals surface area contributed by atoms with Gasteiger partial charge in [0.05, 0.1) is 34.9 Å². The second-order valence-electron chi connectivity index (χ2n) is 7.12. The van der Waals surface area contributed by atoms with Gasteiger partial charge < -0.3 is 9.47 Å². The number of halogens is 3. The van der Waals surface area contributed by atoms with Crippen molar-refractivity contribution < 1.29 is 27.4 Å². The zero-order chi connectivity index (χ0) is 25.7. The Hall–Kier alpha value is -4.39. The fourth-order valence-corrected chi connectivity index (χ4v) is 3.66. The minimum atomic E-state index is -3.18. The number of rotatable bonds is 9. The first-order valence-corrected chi connectivity index (χ1v) is 11.1. The van der Waals surface area contributed by atoms with Crippen LogP contribution in [0.1, 0.15) is 27.4 Å². The number of carbonyl (C=O) groups is 1. The summed E-state index contributed by atoms with van der Waals surface area (Å²) in [5.41, 5.74) is 1.25.